The standard InChI is InChI=1S/C14H15BrFNO6S/c15-10-3-8(1-2-12(10)18)4-11(14(20)21)17-6-9(5-13(17)19)7-24(16,22)23/h1-3,9,11,18H,4-7H2,(H,20,21)/t9?,11-/m0/s1. The number of hydrogen-bond acceptors (Lipinski definition) is 5. The number of nitrogens with zero attached hydrogens (tertiary/aromatic N) is 1. The fourth-order valence-electron chi connectivity index (χ4n) is 2.73. The molecule has 0 aromatic heterocycles. The summed E-state index contributed by atoms with van der Waals surface area (Å²) in [5.41, 5.74) is 0.571. The summed E-state index contributed by atoms with van der Waals surface area (Å²) in [5, 5.41) is 18.9. The minimum atomic E-state index is -4.73. The number of benzene rings is 1. The van der Waals surface area contributed by atoms with E-state index in [0.29, 0.717) is 10.0 Å². The summed E-state index contributed by atoms with van der Waals surface area (Å²) < 4.78 is 34.6. The molecule has 1 aromatic carbocycles. The Morgan fingerprint density at radius 3 is 2.67 bits per heavy atom. The fourth-order valence-corrected chi connectivity index (χ4v) is 3.95. The molecule has 1 fully saturated rings. The van der Waals surface area contributed by atoms with E-state index in [0.717, 1.165) is 4.90 Å². The first-order valence-corrected chi connectivity index (χ1v) is 9.33. The second kappa shape index (κ2) is 7.06. The molecule has 2 N–H and O–H groups in total. The van der Waals surface area contributed by atoms with E-state index in [9.17, 15) is 32.1 Å². The van der Waals surface area contributed by atoms with Gasteiger partial charge < -0.3 is 15.1 Å². The lowest BCUT2D eigenvalue weighted by molar-refractivity contribution is -0.148. The van der Waals surface area contributed by atoms with E-state index in [1.807, 2.05) is 0 Å². The summed E-state index contributed by atoms with van der Waals surface area (Å²) in [7, 11) is -4.73. The monoisotopic (exact) mass is 423 g/mol. The van der Waals surface area contributed by atoms with Crippen LogP contribution in [0.3, 0.4) is 0 Å². The van der Waals surface area contributed by atoms with Crippen molar-refractivity contribution in [1.29, 1.82) is 0 Å². The van der Waals surface area contributed by atoms with Crippen LogP contribution in [0.25, 0.3) is 0 Å². The van der Waals surface area contributed by atoms with Crippen LogP contribution >= 0.6 is 15.9 Å². The van der Waals surface area contributed by atoms with Gasteiger partial charge in [0.15, 0.2) is 0 Å². The van der Waals surface area contributed by atoms with Gasteiger partial charge in [0.25, 0.3) is 0 Å². The smallest absolute Gasteiger partial charge is 0.326 e. The van der Waals surface area contributed by atoms with Crippen molar-refractivity contribution in [2.45, 2.75) is 18.9 Å². The lowest BCUT2D eigenvalue weighted by Crippen LogP contribution is -2.43. The lowest BCUT2D eigenvalue weighted by atomic mass is 10.0. The van der Waals surface area contributed by atoms with Crippen LogP contribution in [0.1, 0.15) is 12.0 Å². The van der Waals surface area contributed by atoms with Gasteiger partial charge in [-0.05, 0) is 33.6 Å². The van der Waals surface area contributed by atoms with Gasteiger partial charge in [0, 0.05) is 25.3 Å². The number of aromatic hydroxyl groups is 1. The number of likely N-dealkylation sites (tertiary alicyclic amines) is 1. The predicted octanol–water partition coefficient (Wildman–Crippen LogP) is 1.30. The van der Waals surface area contributed by atoms with Crippen molar-refractivity contribution >= 4 is 38.0 Å². The third-order valence-electron chi connectivity index (χ3n) is 3.78. The molecule has 7 nitrogen and oxygen atoms in total. The van der Waals surface area contributed by atoms with Crippen molar-refractivity contribution in [3.05, 3.63) is 28.2 Å². The Morgan fingerprint density at radius 2 is 2.12 bits per heavy atom. The average Bonchev–Trinajstić information content (AvgIpc) is 2.77. The SMILES string of the molecule is O=C(O)[C@H](Cc1ccc(O)c(Br)c1)N1CC(CS(=O)(=O)F)CC1=O. The maximum atomic E-state index is 12.8. The van der Waals surface area contributed by atoms with Gasteiger partial charge in [0.1, 0.15) is 11.8 Å². The molecule has 0 spiro atoms. The van der Waals surface area contributed by atoms with Gasteiger partial charge in [-0.2, -0.15) is 8.42 Å². The zero-order chi connectivity index (χ0) is 18.1. The minimum Gasteiger partial charge on any atom is -0.507 e. The number of phenolic OH excluding ortho intramolecular Hbond substituents is 1. The highest BCUT2D eigenvalue weighted by Crippen LogP contribution is 2.27. The zero-order valence-electron chi connectivity index (χ0n) is 12.4. The van der Waals surface area contributed by atoms with E-state index in [1.54, 1.807) is 0 Å². The molecule has 0 saturated carbocycles. The van der Waals surface area contributed by atoms with E-state index >= 15 is 0 Å². The highest BCUT2D eigenvalue weighted by molar-refractivity contribution is 9.10. The fraction of sp³-hybridized carbons (Fsp3) is 0.429. The van der Waals surface area contributed by atoms with Crippen molar-refractivity contribution < 1.29 is 32.1 Å². The van der Waals surface area contributed by atoms with Gasteiger partial charge in [0.05, 0.1) is 10.2 Å². The first-order chi connectivity index (χ1) is 11.1. The molecule has 0 aliphatic carbocycles. The molecule has 1 aliphatic heterocycles. The summed E-state index contributed by atoms with van der Waals surface area (Å²) in [4.78, 5) is 24.6. The Balaban J connectivity index is 2.17. The van der Waals surface area contributed by atoms with Crippen LogP contribution in [0.15, 0.2) is 22.7 Å². The van der Waals surface area contributed by atoms with E-state index in [4.69, 9.17) is 0 Å². The maximum absolute atomic E-state index is 12.8. The molecule has 2 rings (SSSR count). The predicted molar refractivity (Wildman–Crippen MR) is 85.6 cm³/mol. The van der Waals surface area contributed by atoms with Crippen molar-refractivity contribution in [3.8, 4) is 5.75 Å². The Hall–Kier alpha value is -1.68. The number of hydrogen-bond donors (Lipinski definition) is 2. The average molecular weight is 424 g/mol. The summed E-state index contributed by atoms with van der Waals surface area (Å²) in [6.45, 7) is -0.127. The van der Waals surface area contributed by atoms with Gasteiger partial charge in [-0.3, -0.25) is 4.79 Å². The molecule has 0 radical (unpaired) electrons. The molecule has 1 saturated heterocycles. The van der Waals surface area contributed by atoms with Crippen LogP contribution in [0.2, 0.25) is 0 Å². The van der Waals surface area contributed by atoms with Crippen molar-refractivity contribution in [3.63, 3.8) is 0 Å². The quantitative estimate of drug-likeness (QED) is 0.666. The zero-order valence-corrected chi connectivity index (χ0v) is 14.8. The van der Waals surface area contributed by atoms with Crippen LogP contribution in [-0.4, -0.2) is 53.7 Å². The Labute approximate surface area is 146 Å². The molecular weight excluding hydrogens is 409 g/mol. The topological polar surface area (TPSA) is 112 Å². The van der Waals surface area contributed by atoms with Gasteiger partial charge in [-0.25, -0.2) is 4.79 Å². The maximum Gasteiger partial charge on any atom is 0.326 e. The molecule has 0 bridgehead atoms. The Bertz CT molecular complexity index is 769. The van der Waals surface area contributed by atoms with Crippen LogP contribution < -0.4 is 0 Å². The second-order valence-corrected chi connectivity index (χ2v) is 7.93. The third-order valence-corrected chi connectivity index (χ3v) is 5.28. The molecule has 10 heteroatoms. The molecule has 1 heterocycles. The van der Waals surface area contributed by atoms with Crippen molar-refractivity contribution in [2.75, 3.05) is 12.3 Å². The highest BCUT2D eigenvalue weighted by atomic mass is 79.9. The number of carbonyl (C=O) groups is 2. The summed E-state index contributed by atoms with van der Waals surface area (Å²) in [6, 6.07) is 3.26. The van der Waals surface area contributed by atoms with Crippen molar-refractivity contribution in [2.24, 2.45) is 5.92 Å². The molecular formula is C14H15BrFNO6S. The molecule has 132 valence electrons. The largest absolute Gasteiger partial charge is 0.507 e. The summed E-state index contributed by atoms with van der Waals surface area (Å²) in [6.07, 6.45) is -0.221. The first-order valence-electron chi connectivity index (χ1n) is 6.99. The van der Waals surface area contributed by atoms with Gasteiger partial charge in [-0.15, -0.1) is 3.89 Å². The number of halogens is 2. The molecule has 1 amide bonds. The molecule has 1 unspecified atom stereocenters. The lowest BCUT2D eigenvalue weighted by Gasteiger charge is -2.25. The Kier molecular flexibility index (Phi) is 5.49. The van der Waals surface area contributed by atoms with Gasteiger partial charge in [0.2, 0.25) is 5.91 Å². The molecule has 1 aliphatic rings. The first kappa shape index (κ1) is 18.7. The normalized spacial score (nSPS) is 19.5. The van der Waals surface area contributed by atoms with E-state index < -0.39 is 39.8 Å². The number of phenols is 1. The second-order valence-electron chi connectivity index (χ2n) is 5.67. The van der Waals surface area contributed by atoms with E-state index in [-0.39, 0.29) is 25.1 Å². The summed E-state index contributed by atoms with van der Waals surface area (Å²) in [5.74, 6) is -3.33. The van der Waals surface area contributed by atoms with Crippen LogP contribution in [-0.2, 0) is 26.2 Å². The van der Waals surface area contributed by atoms with Crippen molar-refractivity contribution in [1.82, 2.24) is 4.90 Å². The third kappa shape index (κ3) is 4.67. The van der Waals surface area contributed by atoms with Crippen LogP contribution in [0.5, 0.6) is 5.75 Å². The number of aliphatic carboxylic acids is 1. The Morgan fingerprint density at radius 1 is 1.46 bits per heavy atom. The minimum absolute atomic E-state index is 0.00362. The van der Waals surface area contributed by atoms with Gasteiger partial charge in [-0.1, -0.05) is 6.07 Å². The number of carboxylic acid groups (broad SMARTS) is 1. The van der Waals surface area contributed by atoms with E-state index in [2.05, 4.69) is 15.9 Å². The highest BCUT2D eigenvalue weighted by Gasteiger charge is 2.39. The van der Waals surface area contributed by atoms with Crippen LogP contribution in [0.4, 0.5) is 3.89 Å². The number of amides is 1. The molecule has 1 aromatic rings. The number of rotatable bonds is 6. The molecule has 2 atom stereocenters. The number of carboxylic acids is 1. The summed E-state index contributed by atoms with van der Waals surface area (Å²) >= 11 is 3.12. The van der Waals surface area contributed by atoms with Gasteiger partial charge >= 0.3 is 16.2 Å². The number of carbonyl (C=O) groups excluding carboxylic acids is 1. The van der Waals surface area contributed by atoms with E-state index in [1.165, 1.54) is 18.2 Å². The molecule has 24 heavy (non-hydrogen) atoms. The van der Waals surface area contributed by atoms with Crippen LogP contribution in [0, 0.1) is 5.92 Å².